The Hall–Kier alpha value is -1.07. The predicted octanol–water partition coefficient (Wildman–Crippen LogP) is 1.20. The van der Waals surface area contributed by atoms with Gasteiger partial charge in [-0.15, -0.1) is 0 Å². The number of benzene rings is 1. The summed E-state index contributed by atoms with van der Waals surface area (Å²) >= 11 is 0. The summed E-state index contributed by atoms with van der Waals surface area (Å²) in [5.74, 6) is 0. The fraction of sp³-hybridized carbons (Fsp3) is 0.455. The van der Waals surface area contributed by atoms with Crippen molar-refractivity contribution in [3.05, 3.63) is 29.3 Å². The minimum atomic E-state index is -3.26. The maximum absolute atomic E-state index is 11.7. The van der Waals surface area contributed by atoms with Crippen LogP contribution in [0.1, 0.15) is 23.7 Å². The molecule has 1 aliphatic heterocycles. The predicted molar refractivity (Wildman–Crippen MR) is 62.9 cm³/mol. The molecule has 1 unspecified atom stereocenters. The molecule has 16 heavy (non-hydrogen) atoms. The second-order valence-electron chi connectivity index (χ2n) is 4.15. The molecule has 0 saturated carbocycles. The Morgan fingerprint density at radius 3 is 2.75 bits per heavy atom. The Bertz CT molecular complexity index is 510. The quantitative estimate of drug-likeness (QED) is 0.803. The number of sulfonamides is 1. The number of para-hydroxylation sites is 1. The van der Waals surface area contributed by atoms with E-state index >= 15 is 0 Å². The number of hydrogen-bond acceptors (Lipinski definition) is 3. The maximum Gasteiger partial charge on any atom is 0.232 e. The van der Waals surface area contributed by atoms with Crippen molar-refractivity contribution < 1.29 is 13.5 Å². The smallest absolute Gasteiger partial charge is 0.232 e. The summed E-state index contributed by atoms with van der Waals surface area (Å²) in [4.78, 5) is 0. The van der Waals surface area contributed by atoms with Gasteiger partial charge in [0.05, 0.1) is 18.0 Å². The third kappa shape index (κ3) is 1.81. The van der Waals surface area contributed by atoms with Gasteiger partial charge in [-0.25, -0.2) is 8.42 Å². The molecule has 5 heteroatoms. The van der Waals surface area contributed by atoms with Gasteiger partial charge in [-0.1, -0.05) is 18.2 Å². The number of rotatable bonds is 1. The first-order chi connectivity index (χ1) is 7.41. The van der Waals surface area contributed by atoms with E-state index in [0.717, 1.165) is 5.56 Å². The van der Waals surface area contributed by atoms with Gasteiger partial charge in [0.25, 0.3) is 0 Å². The monoisotopic (exact) mass is 241 g/mol. The molecule has 4 nitrogen and oxygen atoms in total. The molecule has 88 valence electrons. The van der Waals surface area contributed by atoms with Crippen molar-refractivity contribution in [3.63, 3.8) is 0 Å². The van der Waals surface area contributed by atoms with E-state index in [0.29, 0.717) is 24.2 Å². The first kappa shape index (κ1) is 11.4. The maximum atomic E-state index is 11.7. The molecule has 0 aromatic heterocycles. The molecular formula is C11H15NO3S. The van der Waals surface area contributed by atoms with Gasteiger partial charge < -0.3 is 5.11 Å². The number of hydrogen-bond donors (Lipinski definition) is 1. The van der Waals surface area contributed by atoms with Gasteiger partial charge in [0.15, 0.2) is 0 Å². The number of aliphatic hydroxyl groups is 1. The zero-order valence-electron chi connectivity index (χ0n) is 9.34. The molecule has 1 N–H and O–H groups in total. The van der Waals surface area contributed by atoms with Gasteiger partial charge in [0.2, 0.25) is 10.0 Å². The van der Waals surface area contributed by atoms with Crippen LogP contribution in [0.3, 0.4) is 0 Å². The lowest BCUT2D eigenvalue weighted by atomic mass is 9.98. The Kier molecular flexibility index (Phi) is 2.67. The van der Waals surface area contributed by atoms with Crippen molar-refractivity contribution >= 4 is 15.7 Å². The molecule has 0 saturated heterocycles. The summed E-state index contributed by atoms with van der Waals surface area (Å²) in [6, 6.07) is 5.47. The van der Waals surface area contributed by atoms with Crippen molar-refractivity contribution in [2.45, 2.75) is 19.4 Å². The first-order valence-corrected chi connectivity index (χ1v) is 7.01. The van der Waals surface area contributed by atoms with E-state index in [9.17, 15) is 13.5 Å². The highest BCUT2D eigenvalue weighted by Gasteiger charge is 2.29. The summed E-state index contributed by atoms with van der Waals surface area (Å²) in [6.45, 7) is 2.20. The van der Waals surface area contributed by atoms with E-state index in [1.807, 2.05) is 19.1 Å². The summed E-state index contributed by atoms with van der Waals surface area (Å²) in [5.41, 5.74) is 2.22. The number of aliphatic hydroxyl groups excluding tert-OH is 1. The van der Waals surface area contributed by atoms with Crippen molar-refractivity contribution in [1.29, 1.82) is 0 Å². The zero-order chi connectivity index (χ0) is 11.9. The van der Waals surface area contributed by atoms with Crippen LogP contribution in [0, 0.1) is 6.92 Å². The number of aryl methyl sites for hydroxylation is 1. The molecule has 1 aromatic carbocycles. The molecule has 1 aromatic rings. The van der Waals surface area contributed by atoms with Gasteiger partial charge in [0.1, 0.15) is 0 Å². The molecule has 1 atom stereocenters. The molecular weight excluding hydrogens is 226 g/mol. The lowest BCUT2D eigenvalue weighted by Crippen LogP contribution is -2.36. The van der Waals surface area contributed by atoms with Crippen molar-refractivity contribution in [1.82, 2.24) is 0 Å². The molecule has 0 radical (unpaired) electrons. The lowest BCUT2D eigenvalue weighted by Gasteiger charge is -2.33. The van der Waals surface area contributed by atoms with Gasteiger partial charge in [-0.2, -0.15) is 0 Å². The third-order valence-corrected chi connectivity index (χ3v) is 4.05. The SMILES string of the molecule is Cc1cccc2c1N(S(C)(=O)=O)CCC2O. The second-order valence-corrected chi connectivity index (χ2v) is 6.06. The Balaban J connectivity index is 2.64. The molecule has 0 aliphatic carbocycles. The Labute approximate surface area is 95.6 Å². The van der Waals surface area contributed by atoms with Crippen LogP contribution in [0.15, 0.2) is 18.2 Å². The van der Waals surface area contributed by atoms with Crippen LogP contribution in [0.2, 0.25) is 0 Å². The Morgan fingerprint density at radius 1 is 1.44 bits per heavy atom. The van der Waals surface area contributed by atoms with Crippen LogP contribution < -0.4 is 4.31 Å². The summed E-state index contributed by atoms with van der Waals surface area (Å²) in [6.07, 6.45) is 1.08. The largest absolute Gasteiger partial charge is 0.388 e. The van der Waals surface area contributed by atoms with Crippen LogP contribution in [0.4, 0.5) is 5.69 Å². The summed E-state index contributed by atoms with van der Waals surface area (Å²) < 4.78 is 24.7. The number of fused-ring (bicyclic) bond motifs is 1. The summed E-state index contributed by atoms with van der Waals surface area (Å²) in [5, 5.41) is 9.85. The van der Waals surface area contributed by atoms with Crippen LogP contribution in [0.5, 0.6) is 0 Å². The van der Waals surface area contributed by atoms with E-state index in [1.54, 1.807) is 6.07 Å². The van der Waals surface area contributed by atoms with Crippen LogP contribution in [0.25, 0.3) is 0 Å². The van der Waals surface area contributed by atoms with Crippen molar-refractivity contribution in [3.8, 4) is 0 Å². The molecule has 1 aliphatic rings. The molecule has 2 rings (SSSR count). The highest BCUT2D eigenvalue weighted by Crippen LogP contribution is 2.37. The minimum absolute atomic E-state index is 0.345. The zero-order valence-corrected chi connectivity index (χ0v) is 10.2. The van der Waals surface area contributed by atoms with Crippen LogP contribution >= 0.6 is 0 Å². The summed E-state index contributed by atoms with van der Waals surface area (Å²) in [7, 11) is -3.26. The lowest BCUT2D eigenvalue weighted by molar-refractivity contribution is 0.166. The highest BCUT2D eigenvalue weighted by atomic mass is 32.2. The highest BCUT2D eigenvalue weighted by molar-refractivity contribution is 7.92. The van der Waals surface area contributed by atoms with E-state index < -0.39 is 16.1 Å². The normalized spacial score (nSPS) is 20.7. The average Bonchev–Trinajstić information content (AvgIpc) is 2.18. The van der Waals surface area contributed by atoms with Gasteiger partial charge >= 0.3 is 0 Å². The molecule has 0 bridgehead atoms. The number of nitrogens with zero attached hydrogens (tertiary/aromatic N) is 1. The van der Waals surface area contributed by atoms with Crippen molar-refractivity contribution in [2.75, 3.05) is 17.1 Å². The molecule has 0 spiro atoms. The number of anilines is 1. The van der Waals surface area contributed by atoms with Crippen LogP contribution in [-0.2, 0) is 10.0 Å². The van der Waals surface area contributed by atoms with E-state index in [1.165, 1.54) is 10.6 Å². The Morgan fingerprint density at radius 2 is 2.12 bits per heavy atom. The van der Waals surface area contributed by atoms with Gasteiger partial charge in [0, 0.05) is 12.1 Å². The van der Waals surface area contributed by atoms with Crippen molar-refractivity contribution in [2.24, 2.45) is 0 Å². The van der Waals surface area contributed by atoms with Gasteiger partial charge in [-0.05, 0) is 18.9 Å². The van der Waals surface area contributed by atoms with E-state index in [2.05, 4.69) is 0 Å². The van der Waals surface area contributed by atoms with E-state index in [4.69, 9.17) is 0 Å². The first-order valence-electron chi connectivity index (χ1n) is 5.16. The molecule has 0 fully saturated rings. The molecule has 0 amide bonds. The van der Waals surface area contributed by atoms with Crippen LogP contribution in [-0.4, -0.2) is 26.3 Å². The standard InChI is InChI=1S/C11H15NO3S/c1-8-4-3-5-9-10(13)6-7-12(11(8)9)16(2,14)15/h3-5,10,13H,6-7H2,1-2H3. The fourth-order valence-electron chi connectivity index (χ4n) is 2.13. The minimum Gasteiger partial charge on any atom is -0.388 e. The van der Waals surface area contributed by atoms with E-state index in [-0.39, 0.29) is 0 Å². The molecule has 1 heterocycles. The fourth-order valence-corrected chi connectivity index (χ4v) is 3.15. The average molecular weight is 241 g/mol. The van der Waals surface area contributed by atoms with Gasteiger partial charge in [-0.3, -0.25) is 4.31 Å². The topological polar surface area (TPSA) is 57.6 Å². The second kappa shape index (κ2) is 3.75. The third-order valence-electron chi connectivity index (χ3n) is 2.88.